The molecule has 19 heavy (non-hydrogen) atoms. The number of aryl methyl sites for hydroxylation is 1. The number of nitrogens with two attached hydrogens (primary N) is 1. The van der Waals surface area contributed by atoms with Crippen molar-refractivity contribution in [1.29, 1.82) is 0 Å². The Kier molecular flexibility index (Phi) is 2.45. The van der Waals surface area contributed by atoms with Gasteiger partial charge in [0.25, 0.3) is 0 Å². The molecule has 7 nitrogen and oxygen atoms in total. The highest BCUT2D eigenvalue weighted by atomic mass is 16.3. The Morgan fingerprint density at radius 2 is 1.95 bits per heavy atom. The number of aromatic nitrogens is 4. The summed E-state index contributed by atoms with van der Waals surface area (Å²) in [4.78, 5) is 18.6. The maximum absolute atomic E-state index is 10.4. The van der Waals surface area contributed by atoms with Crippen molar-refractivity contribution in [2.45, 2.75) is 0 Å². The first-order valence-electron chi connectivity index (χ1n) is 5.57. The molecule has 2 aromatic heterocycles. The van der Waals surface area contributed by atoms with E-state index < -0.39 is 0 Å². The predicted octanol–water partition coefficient (Wildman–Crippen LogP) is 2.01. The molecule has 0 aliphatic rings. The summed E-state index contributed by atoms with van der Waals surface area (Å²) in [5, 5.41) is 7.97. The minimum absolute atomic E-state index is 0.369. The van der Waals surface area contributed by atoms with E-state index in [1.165, 1.54) is 6.33 Å². The van der Waals surface area contributed by atoms with Crippen LogP contribution >= 0.6 is 0 Å². The Hall–Kier alpha value is -2.83. The largest absolute Gasteiger partial charge is 0.383 e. The van der Waals surface area contributed by atoms with Crippen LogP contribution in [0.5, 0.6) is 0 Å². The maximum atomic E-state index is 10.4. The monoisotopic (exact) mass is 254 g/mol. The summed E-state index contributed by atoms with van der Waals surface area (Å²) in [5.41, 5.74) is 8.45. The van der Waals surface area contributed by atoms with E-state index in [0.717, 1.165) is 5.56 Å². The number of nitrogen functional groups attached to an aromatic ring is 1. The van der Waals surface area contributed by atoms with Gasteiger partial charge in [-0.15, -0.1) is 4.91 Å². The Labute approximate surface area is 108 Å². The Bertz CT molecular complexity index is 762. The van der Waals surface area contributed by atoms with Gasteiger partial charge in [-0.2, -0.15) is 5.10 Å². The van der Waals surface area contributed by atoms with E-state index in [1.807, 2.05) is 0 Å². The van der Waals surface area contributed by atoms with Gasteiger partial charge in [-0.05, 0) is 17.3 Å². The molecule has 2 heterocycles. The molecule has 0 fully saturated rings. The summed E-state index contributed by atoms with van der Waals surface area (Å²) in [6.07, 6.45) is 1.41. The first kappa shape index (κ1) is 11.3. The Morgan fingerprint density at radius 1 is 1.21 bits per heavy atom. The van der Waals surface area contributed by atoms with Gasteiger partial charge in [-0.25, -0.2) is 14.6 Å². The molecule has 0 atom stereocenters. The Morgan fingerprint density at radius 3 is 2.63 bits per heavy atom. The van der Waals surface area contributed by atoms with Gasteiger partial charge in [0.05, 0.1) is 5.39 Å². The van der Waals surface area contributed by atoms with Crippen LogP contribution in [0.2, 0.25) is 0 Å². The van der Waals surface area contributed by atoms with Gasteiger partial charge in [-0.3, -0.25) is 0 Å². The van der Waals surface area contributed by atoms with Crippen LogP contribution in [-0.2, 0) is 7.05 Å². The summed E-state index contributed by atoms with van der Waals surface area (Å²) in [7, 11) is 1.79. The quantitative estimate of drug-likeness (QED) is 0.705. The second kappa shape index (κ2) is 4.13. The number of fused-ring (bicyclic) bond motifs is 1. The van der Waals surface area contributed by atoms with Crippen molar-refractivity contribution < 1.29 is 0 Å². The lowest BCUT2D eigenvalue weighted by atomic mass is 10.1. The molecule has 0 amide bonds. The zero-order valence-electron chi connectivity index (χ0n) is 10.1. The second-order valence-electron chi connectivity index (χ2n) is 4.07. The third-order valence-corrected chi connectivity index (χ3v) is 2.90. The number of rotatable bonds is 2. The lowest BCUT2D eigenvalue weighted by Crippen LogP contribution is -1.95. The molecule has 0 unspecified atom stereocenters. The molecule has 3 aromatic rings. The van der Waals surface area contributed by atoms with Crippen molar-refractivity contribution in [3.63, 3.8) is 0 Å². The molecular formula is C12H10N6O. The fraction of sp³-hybridized carbons (Fsp3) is 0.0833. The number of hydrogen-bond donors (Lipinski definition) is 1. The van der Waals surface area contributed by atoms with Gasteiger partial charge in [0, 0.05) is 12.6 Å². The molecule has 94 valence electrons. The number of nitrogens with zero attached hydrogens (tertiary/aromatic N) is 5. The topological polar surface area (TPSA) is 99.0 Å². The lowest BCUT2D eigenvalue weighted by molar-refractivity contribution is 0.789. The SMILES string of the molecule is Cn1nc(-c2ccc(N=O)cc2)c2c(N)ncnc21. The summed E-state index contributed by atoms with van der Waals surface area (Å²) < 4.78 is 1.65. The number of benzene rings is 1. The van der Waals surface area contributed by atoms with Crippen LogP contribution in [0.4, 0.5) is 11.5 Å². The minimum atomic E-state index is 0.369. The minimum Gasteiger partial charge on any atom is -0.383 e. The van der Waals surface area contributed by atoms with E-state index in [2.05, 4.69) is 20.2 Å². The molecular weight excluding hydrogens is 244 g/mol. The van der Waals surface area contributed by atoms with Gasteiger partial charge < -0.3 is 5.73 Å². The zero-order chi connectivity index (χ0) is 13.4. The molecule has 0 aliphatic heterocycles. The molecule has 0 saturated carbocycles. The van der Waals surface area contributed by atoms with Gasteiger partial charge in [0.2, 0.25) is 0 Å². The molecule has 3 rings (SSSR count). The predicted molar refractivity (Wildman–Crippen MR) is 71.6 cm³/mol. The van der Waals surface area contributed by atoms with Crippen molar-refractivity contribution >= 4 is 22.5 Å². The average Bonchev–Trinajstić information content (AvgIpc) is 2.78. The number of nitroso groups, excluding NO2 is 1. The molecule has 2 N–H and O–H groups in total. The molecule has 0 radical (unpaired) electrons. The van der Waals surface area contributed by atoms with Gasteiger partial charge in [-0.1, -0.05) is 12.1 Å². The first-order chi connectivity index (χ1) is 9.20. The highest BCUT2D eigenvalue weighted by Gasteiger charge is 2.14. The third-order valence-electron chi connectivity index (χ3n) is 2.90. The maximum Gasteiger partial charge on any atom is 0.163 e. The fourth-order valence-corrected chi connectivity index (χ4v) is 1.99. The van der Waals surface area contributed by atoms with Crippen molar-refractivity contribution in [2.75, 3.05) is 5.73 Å². The molecule has 0 bridgehead atoms. The highest BCUT2D eigenvalue weighted by molar-refractivity contribution is 5.98. The van der Waals surface area contributed by atoms with E-state index in [1.54, 1.807) is 36.0 Å². The molecule has 0 spiro atoms. The number of hydrogen-bond acceptors (Lipinski definition) is 6. The summed E-state index contributed by atoms with van der Waals surface area (Å²) in [6.45, 7) is 0. The molecule has 1 aromatic carbocycles. The second-order valence-corrected chi connectivity index (χ2v) is 4.07. The molecule has 0 aliphatic carbocycles. The molecule has 0 saturated heterocycles. The van der Waals surface area contributed by atoms with E-state index in [4.69, 9.17) is 5.73 Å². The highest BCUT2D eigenvalue weighted by Crippen LogP contribution is 2.30. The third kappa shape index (κ3) is 1.71. The van der Waals surface area contributed by atoms with Crippen LogP contribution in [0.1, 0.15) is 0 Å². The van der Waals surface area contributed by atoms with E-state index >= 15 is 0 Å². The standard InChI is InChI=1S/C12H10N6O/c1-18-12-9(11(13)14-6-15-12)10(16-18)7-2-4-8(17-19)5-3-7/h2-6H,1H3,(H2,13,14,15). The Balaban J connectivity index is 2.27. The van der Waals surface area contributed by atoms with Crippen LogP contribution in [0, 0.1) is 4.91 Å². The van der Waals surface area contributed by atoms with Crippen LogP contribution in [-0.4, -0.2) is 19.7 Å². The van der Waals surface area contributed by atoms with E-state index in [0.29, 0.717) is 28.2 Å². The number of anilines is 1. The van der Waals surface area contributed by atoms with E-state index in [-0.39, 0.29) is 0 Å². The van der Waals surface area contributed by atoms with Crippen molar-refractivity contribution in [2.24, 2.45) is 12.2 Å². The van der Waals surface area contributed by atoms with Crippen LogP contribution in [0.25, 0.3) is 22.3 Å². The van der Waals surface area contributed by atoms with E-state index in [9.17, 15) is 4.91 Å². The first-order valence-corrected chi connectivity index (χ1v) is 5.57. The average molecular weight is 254 g/mol. The molecule has 7 heteroatoms. The summed E-state index contributed by atoms with van der Waals surface area (Å²) in [6, 6.07) is 6.79. The zero-order valence-corrected chi connectivity index (χ0v) is 10.1. The lowest BCUT2D eigenvalue weighted by Gasteiger charge is -1.99. The summed E-state index contributed by atoms with van der Waals surface area (Å²) >= 11 is 0. The van der Waals surface area contributed by atoms with Crippen molar-refractivity contribution in [3.8, 4) is 11.3 Å². The smallest absolute Gasteiger partial charge is 0.163 e. The van der Waals surface area contributed by atoms with Gasteiger partial charge in [0.15, 0.2) is 5.65 Å². The van der Waals surface area contributed by atoms with Gasteiger partial charge >= 0.3 is 0 Å². The van der Waals surface area contributed by atoms with Crippen LogP contribution < -0.4 is 5.73 Å². The fourth-order valence-electron chi connectivity index (χ4n) is 1.99. The summed E-state index contributed by atoms with van der Waals surface area (Å²) in [5.74, 6) is 0.380. The van der Waals surface area contributed by atoms with Crippen LogP contribution in [0.3, 0.4) is 0 Å². The van der Waals surface area contributed by atoms with Crippen molar-refractivity contribution in [3.05, 3.63) is 35.5 Å². The normalized spacial score (nSPS) is 10.8. The van der Waals surface area contributed by atoms with Crippen LogP contribution in [0.15, 0.2) is 35.8 Å². The van der Waals surface area contributed by atoms with Gasteiger partial charge in [0.1, 0.15) is 23.5 Å². The van der Waals surface area contributed by atoms with Crippen molar-refractivity contribution in [1.82, 2.24) is 19.7 Å².